The lowest BCUT2D eigenvalue weighted by molar-refractivity contribution is 0.248. The minimum Gasteiger partial charge on any atom is -0.332 e. The Morgan fingerprint density at radius 3 is 2.91 bits per heavy atom. The maximum absolute atomic E-state index is 9.03. The number of imidazole rings is 1. The monoisotopic (exact) mass is 425 g/mol. The molecular weight excluding hydrogens is 402 g/mol. The Kier molecular flexibility index (Phi) is 4.49. The minimum atomic E-state index is 0.163. The van der Waals surface area contributed by atoms with Crippen LogP contribution in [-0.4, -0.2) is 35.7 Å². The van der Waals surface area contributed by atoms with Gasteiger partial charge in [-0.15, -0.1) is 5.10 Å². The quantitative estimate of drug-likeness (QED) is 0.518. The van der Waals surface area contributed by atoms with Crippen molar-refractivity contribution in [2.75, 3.05) is 16.8 Å². The van der Waals surface area contributed by atoms with Gasteiger partial charge in [-0.1, -0.05) is 6.07 Å². The summed E-state index contributed by atoms with van der Waals surface area (Å²) in [5.41, 5.74) is 1.94. The second-order valence-electron chi connectivity index (χ2n) is 8.49. The number of nitrogens with one attached hydrogen (secondary N) is 1. The van der Waals surface area contributed by atoms with Crippen molar-refractivity contribution in [1.29, 1.82) is 5.26 Å². The molecule has 1 atom stereocenters. The van der Waals surface area contributed by atoms with Gasteiger partial charge in [-0.25, -0.2) is 9.50 Å². The number of nitriles is 1. The third kappa shape index (κ3) is 3.24. The summed E-state index contributed by atoms with van der Waals surface area (Å²) in [6.07, 6.45) is 11.5. The molecule has 0 aromatic carbocycles. The lowest BCUT2D eigenvalue weighted by Gasteiger charge is -2.31. The molecular formula is C23H23N9. The summed E-state index contributed by atoms with van der Waals surface area (Å²) in [7, 11) is 0. The van der Waals surface area contributed by atoms with Crippen LogP contribution in [0.3, 0.4) is 0 Å². The predicted octanol–water partition coefficient (Wildman–Crippen LogP) is 3.88. The maximum atomic E-state index is 9.03. The Morgan fingerprint density at radius 1 is 1.12 bits per heavy atom. The van der Waals surface area contributed by atoms with E-state index in [2.05, 4.69) is 36.9 Å². The predicted molar refractivity (Wildman–Crippen MR) is 119 cm³/mol. The fraction of sp³-hybridized carbons (Fsp3) is 0.348. The highest BCUT2D eigenvalue weighted by atomic mass is 15.4. The molecule has 0 amide bonds. The lowest BCUT2D eigenvalue weighted by atomic mass is 9.81. The van der Waals surface area contributed by atoms with Crippen LogP contribution in [0.4, 0.5) is 17.6 Å². The zero-order valence-electron chi connectivity index (χ0n) is 17.5. The van der Waals surface area contributed by atoms with E-state index in [0.717, 1.165) is 55.1 Å². The molecule has 1 N–H and O–H groups in total. The van der Waals surface area contributed by atoms with Crippen LogP contribution >= 0.6 is 0 Å². The Balaban J connectivity index is 1.30. The normalized spacial score (nSPS) is 22.6. The van der Waals surface area contributed by atoms with Gasteiger partial charge < -0.3 is 14.8 Å². The second kappa shape index (κ2) is 7.64. The zero-order chi connectivity index (χ0) is 21.5. The van der Waals surface area contributed by atoms with E-state index in [9.17, 15) is 0 Å². The number of pyridine rings is 1. The molecule has 9 nitrogen and oxygen atoms in total. The van der Waals surface area contributed by atoms with Crippen molar-refractivity contribution in [3.63, 3.8) is 0 Å². The summed E-state index contributed by atoms with van der Waals surface area (Å²) in [4.78, 5) is 16.2. The van der Waals surface area contributed by atoms with E-state index in [4.69, 9.17) is 15.3 Å². The summed E-state index contributed by atoms with van der Waals surface area (Å²) in [6.45, 7) is 0.893. The molecule has 1 saturated carbocycles. The van der Waals surface area contributed by atoms with Gasteiger partial charge >= 0.3 is 0 Å². The van der Waals surface area contributed by atoms with Crippen LogP contribution in [0.2, 0.25) is 0 Å². The van der Waals surface area contributed by atoms with E-state index in [1.165, 1.54) is 0 Å². The van der Waals surface area contributed by atoms with E-state index in [1.807, 2.05) is 53.7 Å². The molecule has 1 aliphatic heterocycles. The molecule has 6 rings (SSSR count). The van der Waals surface area contributed by atoms with Gasteiger partial charge in [0.05, 0.1) is 30.1 Å². The lowest BCUT2D eigenvalue weighted by Crippen LogP contribution is -2.26. The maximum Gasteiger partial charge on any atom is 0.246 e. The Morgan fingerprint density at radius 2 is 2.06 bits per heavy atom. The molecule has 2 fully saturated rings. The molecule has 1 saturated heterocycles. The summed E-state index contributed by atoms with van der Waals surface area (Å²) in [5, 5.41) is 17.2. The molecule has 1 unspecified atom stereocenters. The molecule has 0 bridgehead atoms. The fourth-order valence-corrected chi connectivity index (χ4v) is 4.68. The summed E-state index contributed by atoms with van der Waals surface area (Å²) < 4.78 is 3.95. The minimum absolute atomic E-state index is 0.163. The first-order chi connectivity index (χ1) is 15.8. The van der Waals surface area contributed by atoms with E-state index in [-0.39, 0.29) is 12.0 Å². The van der Waals surface area contributed by atoms with Crippen LogP contribution < -0.4 is 10.2 Å². The third-order valence-corrected chi connectivity index (χ3v) is 6.48. The number of hydrogen-bond donors (Lipinski definition) is 1. The SMILES string of the molecule is N#CC1CC(n2cnc(Nc3nc(N4CCCC4c4ccccn4)nn4cccc34)c2)C1. The fourth-order valence-electron chi connectivity index (χ4n) is 4.68. The second-order valence-corrected chi connectivity index (χ2v) is 8.49. The van der Waals surface area contributed by atoms with E-state index < -0.39 is 0 Å². The van der Waals surface area contributed by atoms with Crippen molar-refractivity contribution in [2.24, 2.45) is 5.92 Å². The molecule has 1 aliphatic carbocycles. The Bertz CT molecular complexity index is 1280. The molecule has 0 spiro atoms. The van der Waals surface area contributed by atoms with E-state index >= 15 is 0 Å². The van der Waals surface area contributed by atoms with Crippen LogP contribution in [0.5, 0.6) is 0 Å². The van der Waals surface area contributed by atoms with Gasteiger partial charge in [0.15, 0.2) is 5.82 Å². The van der Waals surface area contributed by atoms with Gasteiger partial charge in [-0.05, 0) is 49.9 Å². The van der Waals surface area contributed by atoms with E-state index in [0.29, 0.717) is 12.0 Å². The molecule has 160 valence electrons. The van der Waals surface area contributed by atoms with Crippen molar-refractivity contribution >= 4 is 23.1 Å². The first-order valence-corrected chi connectivity index (χ1v) is 11.0. The largest absolute Gasteiger partial charge is 0.332 e. The van der Waals surface area contributed by atoms with Crippen molar-refractivity contribution in [2.45, 2.75) is 37.8 Å². The smallest absolute Gasteiger partial charge is 0.246 e. The molecule has 9 heteroatoms. The highest BCUT2D eigenvalue weighted by Crippen LogP contribution is 2.38. The third-order valence-electron chi connectivity index (χ3n) is 6.48. The van der Waals surface area contributed by atoms with Crippen molar-refractivity contribution < 1.29 is 0 Å². The van der Waals surface area contributed by atoms with Crippen LogP contribution in [0, 0.1) is 17.2 Å². The van der Waals surface area contributed by atoms with Crippen molar-refractivity contribution in [3.05, 3.63) is 60.9 Å². The molecule has 4 aromatic heterocycles. The molecule has 5 heterocycles. The number of hydrogen-bond acceptors (Lipinski definition) is 7. The van der Waals surface area contributed by atoms with Crippen LogP contribution in [-0.2, 0) is 0 Å². The first kappa shape index (κ1) is 18.8. The summed E-state index contributed by atoms with van der Waals surface area (Å²) >= 11 is 0. The van der Waals surface area contributed by atoms with Crippen molar-refractivity contribution in [1.82, 2.24) is 29.1 Å². The van der Waals surface area contributed by atoms with E-state index in [1.54, 1.807) is 0 Å². The molecule has 0 radical (unpaired) electrons. The summed E-state index contributed by atoms with van der Waals surface area (Å²) in [6, 6.07) is 12.8. The number of rotatable bonds is 5. The van der Waals surface area contributed by atoms with Crippen LogP contribution in [0.15, 0.2) is 55.2 Å². The summed E-state index contributed by atoms with van der Waals surface area (Å²) in [5.74, 6) is 2.30. The van der Waals surface area contributed by atoms with Gasteiger partial charge in [0.2, 0.25) is 5.95 Å². The highest BCUT2D eigenvalue weighted by Gasteiger charge is 2.31. The van der Waals surface area contributed by atoms with Gasteiger partial charge in [-0.3, -0.25) is 4.98 Å². The highest BCUT2D eigenvalue weighted by molar-refractivity contribution is 5.73. The Labute approximate surface area is 185 Å². The number of anilines is 3. The van der Waals surface area contributed by atoms with Gasteiger partial charge in [0, 0.05) is 31.2 Å². The number of nitrogens with zero attached hydrogens (tertiary/aromatic N) is 8. The standard InChI is InChI=1S/C23H23N9/c24-13-16-11-17(12-16)30-14-21(26-15-30)27-22-20-7-4-10-32(20)29-23(28-22)31-9-3-6-19(31)18-5-1-2-8-25-18/h1-2,4-5,7-8,10,14-17,19H,3,6,9,11-12H2,(H,27,28,29). The van der Waals surface area contributed by atoms with Crippen molar-refractivity contribution in [3.8, 4) is 6.07 Å². The number of aromatic nitrogens is 6. The van der Waals surface area contributed by atoms with Gasteiger partial charge in [0.1, 0.15) is 11.3 Å². The van der Waals surface area contributed by atoms with Gasteiger partial charge in [0.25, 0.3) is 0 Å². The first-order valence-electron chi connectivity index (χ1n) is 11.0. The topological polar surface area (TPSA) is 100.0 Å². The van der Waals surface area contributed by atoms with Crippen LogP contribution in [0.1, 0.15) is 43.5 Å². The molecule has 4 aromatic rings. The zero-order valence-corrected chi connectivity index (χ0v) is 17.5. The average molecular weight is 426 g/mol. The molecule has 32 heavy (non-hydrogen) atoms. The Hall–Kier alpha value is -3.93. The number of fused-ring (bicyclic) bond motifs is 1. The van der Waals surface area contributed by atoms with Crippen LogP contribution in [0.25, 0.3) is 5.52 Å². The molecule has 2 aliphatic rings. The van der Waals surface area contributed by atoms with Gasteiger partial charge in [-0.2, -0.15) is 10.2 Å². The average Bonchev–Trinajstić information content (AvgIpc) is 3.54.